The second-order valence-electron chi connectivity index (χ2n) is 6.14. The van der Waals surface area contributed by atoms with E-state index in [0.29, 0.717) is 35.1 Å². The largest absolute Gasteiger partial charge is 0.477 e. The van der Waals surface area contributed by atoms with E-state index in [2.05, 4.69) is 15.2 Å². The first kappa shape index (κ1) is 21.6. The summed E-state index contributed by atoms with van der Waals surface area (Å²) in [6.07, 6.45) is -4.18. The predicted molar refractivity (Wildman–Crippen MR) is 108 cm³/mol. The molecule has 31 heavy (non-hydrogen) atoms. The summed E-state index contributed by atoms with van der Waals surface area (Å²) in [5.41, 5.74) is -0.800. The average molecular weight is 488 g/mol. The summed E-state index contributed by atoms with van der Waals surface area (Å²) in [6.45, 7) is 0.534. The minimum atomic E-state index is -4.90. The van der Waals surface area contributed by atoms with Gasteiger partial charge in [-0.2, -0.15) is 13.2 Å². The van der Waals surface area contributed by atoms with Crippen molar-refractivity contribution in [2.24, 2.45) is 0 Å². The van der Waals surface area contributed by atoms with Crippen LogP contribution in [-0.4, -0.2) is 54.4 Å². The van der Waals surface area contributed by atoms with Crippen molar-refractivity contribution in [3.05, 3.63) is 46.7 Å². The monoisotopic (exact) mass is 487 g/mol. The second kappa shape index (κ2) is 8.51. The number of aromatic carboxylic acids is 1. The maximum atomic E-state index is 13.2. The molecule has 2 aromatic heterocycles. The number of amides is 1. The standard InChI is InChI=1S/C17H12F3N5O3S3/c18-17(19,20)11-10(14(27)28)30-16(21-11)31-15-23-22-12(13-24(8-26)6-7-29-13)25(15)9-4-2-1-3-5-9/h1-5,8,13H,6-7H2,(H,27,28). The lowest BCUT2D eigenvalue weighted by Gasteiger charge is -2.19. The Morgan fingerprint density at radius 3 is 2.61 bits per heavy atom. The molecular formula is C17H12F3N5O3S3. The number of carboxylic acids is 1. The van der Waals surface area contributed by atoms with Gasteiger partial charge in [0.1, 0.15) is 10.3 Å². The number of hydrogen-bond donors (Lipinski definition) is 1. The van der Waals surface area contributed by atoms with Crippen molar-refractivity contribution >= 4 is 47.2 Å². The molecule has 4 rings (SSSR count). The Balaban J connectivity index is 1.78. The van der Waals surface area contributed by atoms with E-state index in [1.165, 1.54) is 11.8 Å². The van der Waals surface area contributed by atoms with Crippen LogP contribution in [0.1, 0.15) is 26.6 Å². The molecule has 1 N–H and O–H groups in total. The summed E-state index contributed by atoms with van der Waals surface area (Å²) in [5, 5.41) is 17.2. The quantitative estimate of drug-likeness (QED) is 0.524. The van der Waals surface area contributed by atoms with Gasteiger partial charge in [-0.05, 0) is 23.9 Å². The van der Waals surface area contributed by atoms with E-state index in [0.717, 1.165) is 18.2 Å². The topological polar surface area (TPSA) is 101 Å². The van der Waals surface area contributed by atoms with Crippen molar-refractivity contribution in [2.45, 2.75) is 21.0 Å². The number of carboxylic acid groups (broad SMARTS) is 1. The van der Waals surface area contributed by atoms with E-state index in [4.69, 9.17) is 5.11 Å². The van der Waals surface area contributed by atoms with Gasteiger partial charge < -0.3 is 10.0 Å². The molecule has 0 bridgehead atoms. The highest BCUT2D eigenvalue weighted by atomic mass is 32.2. The van der Waals surface area contributed by atoms with Gasteiger partial charge in [0.05, 0.1) is 0 Å². The summed E-state index contributed by atoms with van der Waals surface area (Å²) in [5.74, 6) is -0.558. The van der Waals surface area contributed by atoms with Gasteiger partial charge in [-0.25, -0.2) is 9.78 Å². The fourth-order valence-electron chi connectivity index (χ4n) is 2.90. The van der Waals surface area contributed by atoms with Gasteiger partial charge in [-0.1, -0.05) is 29.5 Å². The number of nitrogens with zero attached hydrogens (tertiary/aromatic N) is 5. The molecule has 0 aliphatic carbocycles. The fraction of sp³-hybridized carbons (Fsp3) is 0.235. The molecule has 3 aromatic rings. The lowest BCUT2D eigenvalue weighted by molar-refractivity contribution is -0.141. The highest BCUT2D eigenvalue weighted by molar-refractivity contribution is 8.01. The van der Waals surface area contributed by atoms with Gasteiger partial charge in [-0.3, -0.25) is 9.36 Å². The molecule has 0 radical (unpaired) electrons. The number of aromatic nitrogens is 4. The van der Waals surface area contributed by atoms with Crippen LogP contribution >= 0.6 is 34.9 Å². The zero-order valence-electron chi connectivity index (χ0n) is 15.3. The van der Waals surface area contributed by atoms with Crippen LogP contribution in [0.15, 0.2) is 39.8 Å². The smallest absolute Gasteiger partial charge is 0.435 e. The highest BCUT2D eigenvalue weighted by Gasteiger charge is 2.40. The van der Waals surface area contributed by atoms with Crippen molar-refractivity contribution in [2.75, 3.05) is 12.3 Å². The lowest BCUT2D eigenvalue weighted by atomic mass is 10.3. The molecule has 162 valence electrons. The molecule has 14 heteroatoms. The molecule has 0 saturated carbocycles. The molecule has 1 aliphatic heterocycles. The SMILES string of the molecule is O=CN1CCSC1c1nnc(Sc2nc(C(F)(F)F)c(C(=O)O)s2)n1-c1ccccc1. The number of halogens is 3. The third-order valence-corrected chi connectivity index (χ3v) is 7.47. The summed E-state index contributed by atoms with van der Waals surface area (Å²) in [6, 6.07) is 8.90. The van der Waals surface area contributed by atoms with Crippen molar-refractivity contribution in [3.8, 4) is 5.69 Å². The third kappa shape index (κ3) is 4.27. The van der Waals surface area contributed by atoms with Gasteiger partial charge in [0.15, 0.2) is 15.9 Å². The van der Waals surface area contributed by atoms with Crippen molar-refractivity contribution in [3.63, 3.8) is 0 Å². The van der Waals surface area contributed by atoms with E-state index in [-0.39, 0.29) is 9.50 Å². The molecule has 1 aromatic carbocycles. The van der Waals surface area contributed by atoms with Crippen molar-refractivity contribution in [1.82, 2.24) is 24.6 Å². The highest BCUT2D eigenvalue weighted by Crippen LogP contribution is 2.42. The Labute approximate surface area is 185 Å². The van der Waals surface area contributed by atoms with Crippen molar-refractivity contribution in [1.29, 1.82) is 0 Å². The van der Waals surface area contributed by atoms with E-state index in [1.807, 2.05) is 0 Å². The molecule has 1 saturated heterocycles. The van der Waals surface area contributed by atoms with E-state index < -0.39 is 28.1 Å². The number of benzene rings is 1. The first-order valence-corrected chi connectivity index (χ1v) is 11.3. The second-order valence-corrected chi connectivity index (χ2v) is 9.54. The number of thiazole rings is 1. The molecule has 1 fully saturated rings. The fourth-order valence-corrected chi connectivity index (χ4v) is 6.05. The van der Waals surface area contributed by atoms with Crippen molar-refractivity contribution < 1.29 is 27.9 Å². The molecular weight excluding hydrogens is 475 g/mol. The van der Waals surface area contributed by atoms with Gasteiger partial charge in [0.25, 0.3) is 0 Å². The number of alkyl halides is 3. The Morgan fingerprint density at radius 1 is 1.26 bits per heavy atom. The molecule has 1 aliphatic rings. The Hall–Kier alpha value is -2.58. The molecule has 1 atom stereocenters. The van der Waals surface area contributed by atoms with E-state index in [1.54, 1.807) is 39.8 Å². The molecule has 3 heterocycles. The van der Waals surface area contributed by atoms with Crippen LogP contribution in [-0.2, 0) is 11.0 Å². The molecule has 1 unspecified atom stereocenters. The van der Waals surface area contributed by atoms with Crippen LogP contribution in [0.25, 0.3) is 5.69 Å². The average Bonchev–Trinajstić information content (AvgIpc) is 3.46. The number of para-hydroxylation sites is 1. The lowest BCUT2D eigenvalue weighted by Crippen LogP contribution is -2.23. The summed E-state index contributed by atoms with van der Waals surface area (Å²) < 4.78 is 41.1. The Kier molecular flexibility index (Phi) is 5.94. The van der Waals surface area contributed by atoms with Gasteiger partial charge >= 0.3 is 12.1 Å². The molecule has 8 nitrogen and oxygen atoms in total. The molecule has 0 spiro atoms. The third-order valence-electron chi connectivity index (χ3n) is 4.20. The Morgan fingerprint density at radius 2 is 2.00 bits per heavy atom. The molecule has 1 amide bonds. The minimum absolute atomic E-state index is 0.132. The number of carbonyl (C=O) groups excluding carboxylic acids is 1. The number of rotatable bonds is 6. The zero-order valence-corrected chi connectivity index (χ0v) is 17.8. The van der Waals surface area contributed by atoms with E-state index in [9.17, 15) is 22.8 Å². The maximum absolute atomic E-state index is 13.2. The van der Waals surface area contributed by atoms with Gasteiger partial charge in [-0.15, -0.1) is 22.0 Å². The number of hydrogen-bond acceptors (Lipinski definition) is 8. The first-order valence-electron chi connectivity index (χ1n) is 8.62. The predicted octanol–water partition coefficient (Wildman–Crippen LogP) is 3.80. The summed E-state index contributed by atoms with van der Waals surface area (Å²) in [4.78, 5) is 26.8. The number of thioether (sulfide) groups is 1. The van der Waals surface area contributed by atoms with Crippen LogP contribution < -0.4 is 0 Å². The van der Waals surface area contributed by atoms with Crippen LogP contribution in [0.5, 0.6) is 0 Å². The first-order chi connectivity index (χ1) is 14.8. The van der Waals surface area contributed by atoms with Crippen LogP contribution in [0, 0.1) is 0 Å². The normalized spacial score (nSPS) is 16.6. The Bertz CT molecular complexity index is 1120. The van der Waals surface area contributed by atoms with Crippen LogP contribution in [0.2, 0.25) is 0 Å². The number of carbonyl (C=O) groups is 2. The maximum Gasteiger partial charge on any atom is 0.435 e. The van der Waals surface area contributed by atoms with Crippen LogP contribution in [0.3, 0.4) is 0 Å². The zero-order chi connectivity index (χ0) is 22.2. The summed E-state index contributed by atoms with van der Waals surface area (Å²) in [7, 11) is 0. The summed E-state index contributed by atoms with van der Waals surface area (Å²) >= 11 is 2.70. The van der Waals surface area contributed by atoms with Gasteiger partial charge in [0, 0.05) is 18.0 Å². The van der Waals surface area contributed by atoms with Gasteiger partial charge in [0.2, 0.25) is 11.6 Å². The minimum Gasteiger partial charge on any atom is -0.477 e. The van der Waals surface area contributed by atoms with Crippen LogP contribution in [0.4, 0.5) is 13.2 Å². The van der Waals surface area contributed by atoms with E-state index >= 15 is 0 Å².